The predicted molar refractivity (Wildman–Crippen MR) is 129 cm³/mol. The average molecular weight is 469 g/mol. The molecule has 3 N–H and O–H groups in total. The van der Waals surface area contributed by atoms with Gasteiger partial charge in [0, 0.05) is 23.9 Å². The summed E-state index contributed by atoms with van der Waals surface area (Å²) in [5.74, 6) is 0.701. The number of nitrogens with one attached hydrogen (secondary N) is 1. The number of nitrogens with two attached hydrogens (primary N) is 1. The monoisotopic (exact) mass is 468 g/mol. The molecule has 1 aliphatic heterocycles. The first-order valence-electron chi connectivity index (χ1n) is 11.2. The van der Waals surface area contributed by atoms with E-state index in [1.165, 1.54) is 0 Å². The maximum Gasteiger partial charge on any atom is 0.270 e. The summed E-state index contributed by atoms with van der Waals surface area (Å²) < 4.78 is 11.4. The van der Waals surface area contributed by atoms with Crippen LogP contribution in [0, 0.1) is 11.3 Å². The molecule has 0 bridgehead atoms. The van der Waals surface area contributed by atoms with E-state index in [1.807, 2.05) is 44.2 Å². The van der Waals surface area contributed by atoms with Crippen LogP contribution in [0.25, 0.3) is 34.3 Å². The van der Waals surface area contributed by atoms with Crippen LogP contribution in [0.2, 0.25) is 0 Å². The van der Waals surface area contributed by atoms with E-state index in [0.29, 0.717) is 29.6 Å². The van der Waals surface area contributed by atoms with Crippen LogP contribution in [-0.2, 0) is 10.2 Å². The van der Waals surface area contributed by atoms with Gasteiger partial charge in [0.2, 0.25) is 5.89 Å². The van der Waals surface area contributed by atoms with E-state index in [0.717, 1.165) is 29.8 Å². The van der Waals surface area contributed by atoms with Gasteiger partial charge in [0.25, 0.3) is 5.89 Å². The molecule has 1 aromatic carbocycles. The van der Waals surface area contributed by atoms with Crippen molar-refractivity contribution in [1.82, 2.24) is 30.5 Å². The second-order valence-corrected chi connectivity index (χ2v) is 8.77. The third-order valence-electron chi connectivity index (χ3n) is 5.89. The van der Waals surface area contributed by atoms with Gasteiger partial charge in [-0.3, -0.25) is 4.98 Å². The number of nitriles is 1. The first-order chi connectivity index (χ1) is 16.9. The van der Waals surface area contributed by atoms with Crippen molar-refractivity contribution in [1.29, 1.82) is 5.26 Å². The SMILES string of the molecule is CC(C)(C#N)c1cc(-c2cnc(N)c(-c3nnc(-c4ccc(C5COCCN5)cc4)o3)n2)ccn1. The number of nitrogens with zero attached hydrogens (tertiary/aromatic N) is 6. The van der Waals surface area contributed by atoms with Crippen LogP contribution in [0.4, 0.5) is 5.82 Å². The fourth-order valence-electron chi connectivity index (χ4n) is 3.76. The summed E-state index contributed by atoms with van der Waals surface area (Å²) in [5.41, 5.74) is 9.50. The van der Waals surface area contributed by atoms with Crippen molar-refractivity contribution in [3.05, 3.63) is 60.0 Å². The molecule has 1 unspecified atom stereocenters. The van der Waals surface area contributed by atoms with Crippen LogP contribution in [0.1, 0.15) is 31.1 Å². The van der Waals surface area contributed by atoms with E-state index in [-0.39, 0.29) is 17.8 Å². The highest BCUT2D eigenvalue weighted by molar-refractivity contribution is 5.69. The number of morpholine rings is 1. The van der Waals surface area contributed by atoms with Crippen molar-refractivity contribution in [2.24, 2.45) is 0 Å². The fourth-order valence-corrected chi connectivity index (χ4v) is 3.76. The van der Waals surface area contributed by atoms with Gasteiger partial charge >= 0.3 is 0 Å². The van der Waals surface area contributed by atoms with E-state index in [4.69, 9.17) is 14.9 Å². The number of nitrogen functional groups attached to an aromatic ring is 1. The van der Waals surface area contributed by atoms with E-state index in [2.05, 4.69) is 36.5 Å². The highest BCUT2D eigenvalue weighted by Gasteiger charge is 2.23. The topological polar surface area (TPSA) is 149 Å². The third kappa shape index (κ3) is 4.59. The molecule has 4 heterocycles. The van der Waals surface area contributed by atoms with Crippen LogP contribution >= 0.6 is 0 Å². The molecule has 176 valence electrons. The zero-order valence-corrected chi connectivity index (χ0v) is 19.4. The minimum atomic E-state index is -0.739. The van der Waals surface area contributed by atoms with Gasteiger partial charge in [0.15, 0.2) is 11.5 Å². The first-order valence-corrected chi connectivity index (χ1v) is 11.2. The lowest BCUT2D eigenvalue weighted by molar-refractivity contribution is 0.0769. The van der Waals surface area contributed by atoms with Crippen molar-refractivity contribution in [3.63, 3.8) is 0 Å². The Morgan fingerprint density at radius 1 is 1.09 bits per heavy atom. The number of hydrogen-bond acceptors (Lipinski definition) is 10. The van der Waals surface area contributed by atoms with Crippen molar-refractivity contribution in [2.45, 2.75) is 25.3 Å². The van der Waals surface area contributed by atoms with Gasteiger partial charge < -0.3 is 20.2 Å². The maximum absolute atomic E-state index is 9.45. The summed E-state index contributed by atoms with van der Waals surface area (Å²) in [6.45, 7) is 5.83. The fraction of sp³-hybridized carbons (Fsp3) is 0.280. The number of ether oxygens (including phenoxy) is 1. The van der Waals surface area contributed by atoms with Gasteiger partial charge in [-0.1, -0.05) is 12.1 Å². The summed E-state index contributed by atoms with van der Waals surface area (Å²) >= 11 is 0. The number of hydrogen-bond donors (Lipinski definition) is 2. The number of pyridine rings is 1. The highest BCUT2D eigenvalue weighted by atomic mass is 16.5. The number of aromatic nitrogens is 5. The van der Waals surface area contributed by atoms with E-state index in [9.17, 15) is 5.26 Å². The Hall–Kier alpha value is -4.20. The molecule has 3 aromatic heterocycles. The largest absolute Gasteiger partial charge is 0.414 e. The van der Waals surface area contributed by atoms with Gasteiger partial charge in [-0.05, 0) is 43.7 Å². The molecule has 1 atom stereocenters. The van der Waals surface area contributed by atoms with E-state index < -0.39 is 5.41 Å². The highest BCUT2D eigenvalue weighted by Crippen LogP contribution is 2.30. The summed E-state index contributed by atoms with van der Waals surface area (Å²) in [6, 6.07) is 14.0. The molecule has 35 heavy (non-hydrogen) atoms. The Balaban J connectivity index is 1.42. The van der Waals surface area contributed by atoms with Crippen LogP contribution in [0.5, 0.6) is 0 Å². The molecular formula is C25H24N8O2. The number of benzene rings is 1. The number of rotatable bonds is 5. The van der Waals surface area contributed by atoms with Gasteiger partial charge in [-0.25, -0.2) is 9.97 Å². The van der Waals surface area contributed by atoms with Gasteiger partial charge in [0.1, 0.15) is 0 Å². The Labute approximate surface area is 202 Å². The van der Waals surface area contributed by atoms with E-state index in [1.54, 1.807) is 18.5 Å². The quantitative estimate of drug-likeness (QED) is 0.447. The predicted octanol–water partition coefficient (Wildman–Crippen LogP) is 3.30. The Morgan fingerprint density at radius 2 is 1.89 bits per heavy atom. The summed E-state index contributed by atoms with van der Waals surface area (Å²) in [4.78, 5) is 13.2. The van der Waals surface area contributed by atoms with Crippen molar-refractivity contribution >= 4 is 5.82 Å². The first kappa shape index (κ1) is 22.6. The molecule has 0 amide bonds. The molecule has 1 saturated heterocycles. The summed E-state index contributed by atoms with van der Waals surface area (Å²) in [7, 11) is 0. The molecule has 0 radical (unpaired) electrons. The molecule has 0 saturated carbocycles. The molecule has 10 heteroatoms. The zero-order chi connectivity index (χ0) is 24.4. The van der Waals surface area contributed by atoms with Crippen LogP contribution in [0.15, 0.2) is 53.2 Å². The zero-order valence-electron chi connectivity index (χ0n) is 19.4. The van der Waals surface area contributed by atoms with Crippen LogP contribution in [-0.4, -0.2) is 44.9 Å². The Morgan fingerprint density at radius 3 is 2.63 bits per heavy atom. The molecule has 1 aliphatic rings. The summed E-state index contributed by atoms with van der Waals surface area (Å²) in [5, 5.41) is 21.2. The normalized spacial score (nSPS) is 16.1. The standard InChI is InChI=1S/C25H24N8O2/c1-25(2,14-26)20-11-17(7-8-29-20)18-12-30-22(27)21(31-18)24-33-32-23(35-24)16-5-3-15(4-6-16)19-13-34-10-9-28-19/h3-8,11-12,19,28H,9-10,13H2,1-2H3,(H2,27,30). The second-order valence-electron chi connectivity index (χ2n) is 8.77. The Kier molecular flexibility index (Phi) is 5.94. The van der Waals surface area contributed by atoms with Crippen molar-refractivity contribution in [3.8, 4) is 40.4 Å². The van der Waals surface area contributed by atoms with Gasteiger partial charge in [-0.2, -0.15) is 5.26 Å². The van der Waals surface area contributed by atoms with Gasteiger partial charge in [-0.15, -0.1) is 10.2 Å². The Bertz CT molecular complexity index is 1390. The maximum atomic E-state index is 9.45. The summed E-state index contributed by atoms with van der Waals surface area (Å²) in [6.07, 6.45) is 3.21. The lowest BCUT2D eigenvalue weighted by Gasteiger charge is -2.24. The van der Waals surface area contributed by atoms with Gasteiger partial charge in [0.05, 0.1) is 48.3 Å². The van der Waals surface area contributed by atoms with Crippen LogP contribution < -0.4 is 11.1 Å². The van der Waals surface area contributed by atoms with Crippen LogP contribution in [0.3, 0.4) is 0 Å². The molecule has 10 nitrogen and oxygen atoms in total. The molecule has 0 aliphatic carbocycles. The second kappa shape index (κ2) is 9.21. The molecule has 1 fully saturated rings. The lowest BCUT2D eigenvalue weighted by Crippen LogP contribution is -2.34. The van der Waals surface area contributed by atoms with Crippen molar-refractivity contribution in [2.75, 3.05) is 25.5 Å². The van der Waals surface area contributed by atoms with Crippen molar-refractivity contribution < 1.29 is 9.15 Å². The average Bonchev–Trinajstić information content (AvgIpc) is 3.40. The minimum Gasteiger partial charge on any atom is -0.414 e. The third-order valence-corrected chi connectivity index (χ3v) is 5.89. The molecular weight excluding hydrogens is 444 g/mol. The minimum absolute atomic E-state index is 0.168. The molecule has 4 aromatic rings. The lowest BCUT2D eigenvalue weighted by atomic mass is 9.90. The van der Waals surface area contributed by atoms with E-state index >= 15 is 0 Å². The molecule has 5 rings (SSSR count). The molecule has 0 spiro atoms. The number of anilines is 1. The smallest absolute Gasteiger partial charge is 0.270 e.